The van der Waals surface area contributed by atoms with Crippen molar-refractivity contribution >= 4 is 38.8 Å². The van der Waals surface area contributed by atoms with Gasteiger partial charge in [0.2, 0.25) is 10.0 Å². The van der Waals surface area contributed by atoms with Crippen LogP contribution in [0.4, 0.5) is 0 Å². The zero-order valence-corrected chi connectivity index (χ0v) is 17.9. The molecule has 0 atom stereocenters. The van der Waals surface area contributed by atoms with Gasteiger partial charge in [0.15, 0.2) is 5.16 Å². The fourth-order valence-electron chi connectivity index (χ4n) is 2.91. The summed E-state index contributed by atoms with van der Waals surface area (Å²) in [4.78, 5) is 16.3. The van der Waals surface area contributed by atoms with E-state index in [0.29, 0.717) is 16.8 Å². The first-order valence-electron chi connectivity index (χ1n) is 9.16. The van der Waals surface area contributed by atoms with E-state index in [9.17, 15) is 13.2 Å². The van der Waals surface area contributed by atoms with E-state index in [1.54, 1.807) is 30.0 Å². The molecule has 2 N–H and O–H groups in total. The van der Waals surface area contributed by atoms with Crippen molar-refractivity contribution in [3.8, 4) is 0 Å². The number of thioether (sulfide) groups is 1. The number of aryl methyl sites for hydroxylation is 1. The van der Waals surface area contributed by atoms with Crippen molar-refractivity contribution in [1.29, 1.82) is 0 Å². The number of ether oxygens (including phenoxy) is 1. The lowest BCUT2D eigenvalue weighted by Crippen LogP contribution is -2.11. The molecule has 0 bridgehead atoms. The number of carbonyl (C=O) groups is 1. The van der Waals surface area contributed by atoms with Crippen LogP contribution in [0.1, 0.15) is 35.7 Å². The maximum Gasteiger partial charge on any atom is 0.337 e. The Labute approximate surface area is 174 Å². The molecule has 0 radical (unpaired) electrons. The molecular weight excluding hydrogens is 410 g/mol. The van der Waals surface area contributed by atoms with Gasteiger partial charge in [-0.3, -0.25) is 0 Å². The van der Waals surface area contributed by atoms with Crippen LogP contribution in [0.2, 0.25) is 0 Å². The number of fused-ring (bicyclic) bond motifs is 1. The number of hydrogen-bond acceptors (Lipinski definition) is 6. The number of methoxy groups -OCH3 is 1. The number of hydrogen-bond donors (Lipinski definition) is 1. The monoisotopic (exact) mass is 433 g/mol. The average molecular weight is 434 g/mol. The van der Waals surface area contributed by atoms with Gasteiger partial charge >= 0.3 is 5.97 Å². The zero-order valence-electron chi connectivity index (χ0n) is 16.3. The largest absolute Gasteiger partial charge is 0.465 e. The number of esters is 1. The van der Waals surface area contributed by atoms with Crippen molar-refractivity contribution in [2.45, 2.75) is 42.1 Å². The summed E-state index contributed by atoms with van der Waals surface area (Å²) in [7, 11) is -2.42. The van der Waals surface area contributed by atoms with E-state index >= 15 is 0 Å². The number of unbranched alkanes of at least 4 members (excludes halogenated alkanes) is 1. The molecule has 0 aliphatic carbocycles. The number of nitrogens with zero attached hydrogens (tertiary/aromatic N) is 2. The highest BCUT2D eigenvalue weighted by Gasteiger charge is 2.15. The molecule has 3 aromatic rings. The highest BCUT2D eigenvalue weighted by molar-refractivity contribution is 7.98. The van der Waals surface area contributed by atoms with Gasteiger partial charge in [-0.15, -0.1) is 0 Å². The highest BCUT2D eigenvalue weighted by Crippen LogP contribution is 2.28. The molecule has 9 heteroatoms. The number of benzene rings is 2. The number of imidazole rings is 1. The van der Waals surface area contributed by atoms with Crippen molar-refractivity contribution < 1.29 is 17.9 Å². The summed E-state index contributed by atoms with van der Waals surface area (Å²) in [6.07, 6.45) is 2.03. The van der Waals surface area contributed by atoms with Crippen LogP contribution in [0.15, 0.2) is 52.5 Å². The van der Waals surface area contributed by atoms with E-state index in [-0.39, 0.29) is 10.9 Å². The summed E-state index contributed by atoms with van der Waals surface area (Å²) in [5.41, 5.74) is 3.04. The Bertz CT molecular complexity index is 1120. The summed E-state index contributed by atoms with van der Waals surface area (Å²) in [6.45, 7) is 2.92. The van der Waals surface area contributed by atoms with Gasteiger partial charge in [0.1, 0.15) is 0 Å². The molecule has 1 heterocycles. The maximum atomic E-state index is 11.7. The minimum Gasteiger partial charge on any atom is -0.465 e. The third-order valence-electron chi connectivity index (χ3n) is 4.49. The number of nitrogens with two attached hydrogens (primary N) is 1. The van der Waals surface area contributed by atoms with Crippen molar-refractivity contribution in [3.05, 3.63) is 53.6 Å². The molecule has 0 saturated heterocycles. The molecule has 3 rings (SSSR count). The summed E-state index contributed by atoms with van der Waals surface area (Å²) in [5.74, 6) is 0.301. The standard InChI is InChI=1S/C20H23N3O4S2/c1-3-4-11-23-18-10-9-16(29(21,25)26)12-17(18)22-20(23)28-13-14-5-7-15(8-6-14)19(24)27-2/h5-10,12H,3-4,11,13H2,1-2H3,(H2,21,25,26). The maximum absolute atomic E-state index is 11.7. The topological polar surface area (TPSA) is 104 Å². The summed E-state index contributed by atoms with van der Waals surface area (Å²) < 4.78 is 30.1. The molecule has 7 nitrogen and oxygen atoms in total. The molecule has 1 aromatic heterocycles. The van der Waals surface area contributed by atoms with Crippen LogP contribution < -0.4 is 5.14 Å². The number of primary sulfonamides is 1. The van der Waals surface area contributed by atoms with E-state index in [4.69, 9.17) is 9.88 Å². The van der Waals surface area contributed by atoms with Crippen LogP contribution in [-0.2, 0) is 27.1 Å². The minimum atomic E-state index is -3.78. The predicted molar refractivity (Wildman–Crippen MR) is 113 cm³/mol. The van der Waals surface area contributed by atoms with Gasteiger partial charge in [0.05, 0.1) is 28.6 Å². The average Bonchev–Trinajstić information content (AvgIpc) is 3.06. The summed E-state index contributed by atoms with van der Waals surface area (Å²) in [6, 6.07) is 12.0. The summed E-state index contributed by atoms with van der Waals surface area (Å²) in [5, 5.41) is 6.07. The first-order chi connectivity index (χ1) is 13.8. The molecule has 0 saturated carbocycles. The van der Waals surface area contributed by atoms with E-state index < -0.39 is 10.0 Å². The fraction of sp³-hybridized carbons (Fsp3) is 0.300. The Morgan fingerprint density at radius 2 is 1.93 bits per heavy atom. The van der Waals surface area contributed by atoms with Crippen LogP contribution in [-0.4, -0.2) is 31.0 Å². The molecule has 29 heavy (non-hydrogen) atoms. The lowest BCUT2D eigenvalue weighted by Gasteiger charge is -2.08. The number of rotatable bonds is 8. The first kappa shape index (κ1) is 21.4. The minimum absolute atomic E-state index is 0.0556. The molecule has 154 valence electrons. The van der Waals surface area contributed by atoms with E-state index in [1.807, 2.05) is 12.1 Å². The molecule has 0 aliphatic rings. The Morgan fingerprint density at radius 3 is 2.55 bits per heavy atom. The smallest absolute Gasteiger partial charge is 0.337 e. The molecule has 0 aliphatic heterocycles. The lowest BCUT2D eigenvalue weighted by molar-refractivity contribution is 0.0600. The van der Waals surface area contributed by atoms with E-state index in [1.165, 1.54) is 19.2 Å². The van der Waals surface area contributed by atoms with Gasteiger partial charge in [-0.05, 0) is 42.3 Å². The highest BCUT2D eigenvalue weighted by atomic mass is 32.2. The lowest BCUT2D eigenvalue weighted by atomic mass is 10.1. The van der Waals surface area contributed by atoms with Crippen molar-refractivity contribution in [1.82, 2.24) is 9.55 Å². The molecule has 0 unspecified atom stereocenters. The van der Waals surface area contributed by atoms with Gasteiger partial charge in [-0.2, -0.15) is 0 Å². The van der Waals surface area contributed by atoms with Crippen molar-refractivity contribution in [2.24, 2.45) is 5.14 Å². The third kappa shape index (κ3) is 4.98. The van der Waals surface area contributed by atoms with Crippen LogP contribution in [0.3, 0.4) is 0 Å². The van der Waals surface area contributed by atoms with Crippen LogP contribution in [0.5, 0.6) is 0 Å². The van der Waals surface area contributed by atoms with Gasteiger partial charge in [-0.1, -0.05) is 37.2 Å². The normalized spacial score (nSPS) is 11.7. The van der Waals surface area contributed by atoms with Gasteiger partial charge in [0.25, 0.3) is 0 Å². The number of sulfonamides is 1. The van der Waals surface area contributed by atoms with Gasteiger partial charge < -0.3 is 9.30 Å². The Kier molecular flexibility index (Phi) is 6.61. The molecule has 2 aromatic carbocycles. The predicted octanol–water partition coefficient (Wildman–Crippen LogP) is 3.56. The van der Waals surface area contributed by atoms with Crippen molar-refractivity contribution in [2.75, 3.05) is 7.11 Å². The molecule has 0 spiro atoms. The molecule has 0 fully saturated rings. The zero-order chi connectivity index (χ0) is 21.0. The Morgan fingerprint density at radius 1 is 1.21 bits per heavy atom. The molecular formula is C20H23N3O4S2. The second-order valence-electron chi connectivity index (χ2n) is 6.57. The Balaban J connectivity index is 1.87. The quantitative estimate of drug-likeness (QED) is 0.430. The first-order valence-corrected chi connectivity index (χ1v) is 11.7. The second kappa shape index (κ2) is 8.98. The SMILES string of the molecule is CCCCn1c(SCc2ccc(C(=O)OC)cc2)nc2cc(S(N)(=O)=O)ccc21. The third-order valence-corrected chi connectivity index (χ3v) is 6.45. The summed E-state index contributed by atoms with van der Waals surface area (Å²) >= 11 is 1.56. The van der Waals surface area contributed by atoms with Crippen LogP contribution in [0, 0.1) is 0 Å². The van der Waals surface area contributed by atoms with Gasteiger partial charge in [-0.25, -0.2) is 23.3 Å². The number of aromatic nitrogens is 2. The molecule has 0 amide bonds. The second-order valence-corrected chi connectivity index (χ2v) is 9.08. The van der Waals surface area contributed by atoms with Gasteiger partial charge in [0, 0.05) is 12.3 Å². The van der Waals surface area contributed by atoms with Crippen LogP contribution in [0.25, 0.3) is 11.0 Å². The van der Waals surface area contributed by atoms with E-state index in [0.717, 1.165) is 35.6 Å². The van der Waals surface area contributed by atoms with Crippen molar-refractivity contribution in [3.63, 3.8) is 0 Å². The number of carbonyl (C=O) groups excluding carboxylic acids is 1. The fourth-order valence-corrected chi connectivity index (χ4v) is 4.44. The Hall–Kier alpha value is -2.36. The van der Waals surface area contributed by atoms with E-state index in [2.05, 4.69) is 16.5 Å². The van der Waals surface area contributed by atoms with Crippen LogP contribution >= 0.6 is 11.8 Å².